The molecule has 0 spiro atoms. The van der Waals surface area contributed by atoms with E-state index in [-0.39, 0.29) is 67.6 Å². The van der Waals surface area contributed by atoms with Gasteiger partial charge in [0, 0.05) is 18.9 Å². The summed E-state index contributed by atoms with van der Waals surface area (Å²) in [6.07, 6.45) is 0.853. The fourth-order valence-electron chi connectivity index (χ4n) is 4.22. The maximum atomic E-state index is 13.0. The van der Waals surface area contributed by atoms with E-state index in [2.05, 4.69) is 15.7 Å². The molecule has 2 amide bonds. The molecule has 13 heteroatoms. The first kappa shape index (κ1) is 30.7. The van der Waals surface area contributed by atoms with Crippen molar-refractivity contribution in [2.24, 2.45) is 0 Å². The molecule has 0 radical (unpaired) electrons. The maximum Gasteiger partial charge on any atom is 0.261 e. The van der Waals surface area contributed by atoms with E-state index in [1.165, 1.54) is 16.4 Å². The van der Waals surface area contributed by atoms with Gasteiger partial charge in [-0.15, -0.1) is 0 Å². The number of thioether (sulfide) groups is 1. The highest BCUT2D eigenvalue weighted by molar-refractivity contribution is 7.99. The zero-order chi connectivity index (χ0) is 28.4. The summed E-state index contributed by atoms with van der Waals surface area (Å²) in [4.78, 5) is 25.3. The number of aryl methyl sites for hydroxylation is 1. The average Bonchev–Trinajstić information content (AvgIpc) is 3.20. The predicted octanol–water partition coefficient (Wildman–Crippen LogP) is 4.57. The molecule has 2 N–H and O–H groups in total. The van der Waals surface area contributed by atoms with Crippen LogP contribution in [0.25, 0.3) is 0 Å². The number of carbonyl (C=O) groups excluding carboxylic acids is 2. The van der Waals surface area contributed by atoms with Crippen LogP contribution in [0.15, 0.2) is 24.3 Å². The molecule has 1 aliphatic heterocycles. The molecule has 1 aromatic carbocycles. The van der Waals surface area contributed by atoms with Crippen LogP contribution in [-0.2, 0) is 28.9 Å². The third-order valence-electron chi connectivity index (χ3n) is 5.96. The predicted molar refractivity (Wildman–Crippen MR) is 141 cm³/mol. The quantitative estimate of drug-likeness (QED) is 0.225. The number of hydrogen-bond acceptors (Lipinski definition) is 6. The van der Waals surface area contributed by atoms with Gasteiger partial charge in [-0.05, 0) is 50.1 Å². The first-order valence-corrected chi connectivity index (χ1v) is 14.1. The van der Waals surface area contributed by atoms with E-state index in [9.17, 15) is 27.2 Å². The Balaban J connectivity index is 1.62. The molecule has 1 aromatic heterocycles. The van der Waals surface area contributed by atoms with E-state index in [0.717, 1.165) is 12.5 Å². The fourth-order valence-corrected chi connectivity index (χ4v) is 4.56. The summed E-state index contributed by atoms with van der Waals surface area (Å²) >= 11 is 1.32. The molecule has 216 valence electrons. The van der Waals surface area contributed by atoms with Crippen molar-refractivity contribution in [1.82, 2.24) is 15.1 Å². The highest BCUT2D eigenvalue weighted by atomic mass is 32.2. The van der Waals surface area contributed by atoms with Gasteiger partial charge < -0.3 is 20.1 Å². The lowest BCUT2D eigenvalue weighted by molar-refractivity contribution is -0.113. The van der Waals surface area contributed by atoms with Crippen molar-refractivity contribution in [2.75, 3.05) is 37.1 Å². The van der Waals surface area contributed by atoms with Crippen molar-refractivity contribution in [3.63, 3.8) is 0 Å². The Morgan fingerprint density at radius 1 is 1.33 bits per heavy atom. The van der Waals surface area contributed by atoms with Crippen LogP contribution >= 0.6 is 11.8 Å². The Hall–Kier alpha value is -2.80. The zero-order valence-electron chi connectivity index (χ0n) is 22.0. The third-order valence-corrected chi connectivity index (χ3v) is 6.51. The Bertz CT molecular complexity index is 1110. The van der Waals surface area contributed by atoms with Gasteiger partial charge in [-0.2, -0.15) is 16.9 Å². The number of alkyl halides is 4. The van der Waals surface area contributed by atoms with E-state index in [0.29, 0.717) is 30.7 Å². The summed E-state index contributed by atoms with van der Waals surface area (Å²) in [7, 11) is 0. The van der Waals surface area contributed by atoms with Crippen LogP contribution in [0.4, 0.5) is 23.4 Å². The molecular weight excluding hydrogens is 540 g/mol. The van der Waals surface area contributed by atoms with Gasteiger partial charge in [-0.1, -0.05) is 12.1 Å². The smallest absolute Gasteiger partial charge is 0.261 e. The van der Waals surface area contributed by atoms with Crippen LogP contribution in [0, 0.1) is 0 Å². The summed E-state index contributed by atoms with van der Waals surface area (Å²) in [5, 5.41) is 10.2. The molecule has 39 heavy (non-hydrogen) atoms. The van der Waals surface area contributed by atoms with E-state index in [1.54, 1.807) is 12.3 Å². The lowest BCUT2D eigenvalue weighted by atomic mass is 9.96. The monoisotopic (exact) mass is 574 g/mol. The molecule has 1 aliphatic rings. The second-order valence-corrected chi connectivity index (χ2v) is 10.3. The number of ether oxygens (including phenoxy) is 2. The number of anilines is 1. The van der Waals surface area contributed by atoms with Gasteiger partial charge in [0.25, 0.3) is 12.3 Å². The van der Waals surface area contributed by atoms with Gasteiger partial charge in [-0.25, -0.2) is 22.2 Å². The first-order valence-electron chi connectivity index (χ1n) is 12.7. The Kier molecular flexibility index (Phi) is 11.5. The molecule has 0 saturated heterocycles. The van der Waals surface area contributed by atoms with Crippen molar-refractivity contribution in [2.45, 2.75) is 64.0 Å². The van der Waals surface area contributed by atoms with Crippen LogP contribution in [0.3, 0.4) is 0 Å². The Labute approximate surface area is 229 Å². The van der Waals surface area contributed by atoms with E-state index in [4.69, 9.17) is 9.47 Å². The topological polar surface area (TPSA) is 94.5 Å². The van der Waals surface area contributed by atoms with E-state index < -0.39 is 19.0 Å². The van der Waals surface area contributed by atoms with Crippen molar-refractivity contribution in [3.05, 3.63) is 41.1 Å². The number of carbonyl (C=O) groups is 2. The van der Waals surface area contributed by atoms with Gasteiger partial charge in [0.2, 0.25) is 11.8 Å². The molecule has 2 heterocycles. The summed E-state index contributed by atoms with van der Waals surface area (Å²) in [5.41, 5.74) is 1.75. The number of hydrogen-bond donors (Lipinski definition) is 2. The van der Waals surface area contributed by atoms with Crippen LogP contribution < -0.4 is 15.4 Å². The summed E-state index contributed by atoms with van der Waals surface area (Å²) < 4.78 is 62.8. The third kappa shape index (κ3) is 10.0. The molecule has 2 aromatic rings. The molecule has 0 aliphatic carbocycles. The van der Waals surface area contributed by atoms with E-state index in [1.807, 2.05) is 18.2 Å². The summed E-state index contributed by atoms with van der Waals surface area (Å²) in [6.45, 7) is 0.410. The molecule has 1 atom stereocenters. The Morgan fingerprint density at radius 3 is 2.85 bits per heavy atom. The number of benzene rings is 1. The van der Waals surface area contributed by atoms with Gasteiger partial charge >= 0.3 is 0 Å². The van der Waals surface area contributed by atoms with Crippen molar-refractivity contribution < 1.29 is 36.6 Å². The molecule has 0 saturated carbocycles. The number of amides is 2. The van der Waals surface area contributed by atoms with Gasteiger partial charge in [0.05, 0.1) is 31.2 Å². The SMILES string of the molecule is CSCC(=O)Nc1c2c(nn1CCOCC(F)F)C[C@H](CCc1cccc(OCCCC(C)(F)F)c1)NC2=O. The molecule has 0 fully saturated rings. The fraction of sp³-hybridized carbons (Fsp3) is 0.577. The number of fused-ring (bicyclic) bond motifs is 1. The van der Waals surface area contributed by atoms with Gasteiger partial charge in [-0.3, -0.25) is 9.59 Å². The maximum absolute atomic E-state index is 13.0. The van der Waals surface area contributed by atoms with Crippen LogP contribution in [0.1, 0.15) is 47.8 Å². The first-order chi connectivity index (χ1) is 18.6. The second kappa shape index (κ2) is 14.5. The lowest BCUT2D eigenvalue weighted by Crippen LogP contribution is -2.41. The molecule has 0 bridgehead atoms. The highest BCUT2D eigenvalue weighted by Crippen LogP contribution is 2.27. The molecule has 0 unspecified atom stereocenters. The average molecular weight is 575 g/mol. The van der Waals surface area contributed by atoms with Crippen molar-refractivity contribution >= 4 is 29.4 Å². The molecule has 8 nitrogen and oxygen atoms in total. The summed E-state index contributed by atoms with van der Waals surface area (Å²) in [5.74, 6) is -2.38. The van der Waals surface area contributed by atoms with Gasteiger partial charge in [0.1, 0.15) is 23.7 Å². The zero-order valence-corrected chi connectivity index (χ0v) is 22.8. The lowest BCUT2D eigenvalue weighted by Gasteiger charge is -2.23. The van der Waals surface area contributed by atoms with Crippen molar-refractivity contribution in [1.29, 1.82) is 0 Å². The highest BCUT2D eigenvalue weighted by Gasteiger charge is 2.32. The van der Waals surface area contributed by atoms with Crippen molar-refractivity contribution in [3.8, 4) is 5.75 Å². The second-order valence-electron chi connectivity index (χ2n) is 9.42. The number of halogens is 4. The standard InChI is InChI=1S/C26H34F4N4O4S/c1-26(29,30)9-4-11-38-19-6-3-5-17(13-19)7-8-18-14-20-23(25(36)31-18)24(32-22(35)16-39-2)34(33-20)10-12-37-15-21(27)28/h3,5-6,13,18,21H,4,7-12,14-16H2,1-2H3,(H,31,36)(H,32,35)/t18-/m0/s1. The minimum absolute atomic E-state index is 0.0549. The number of aromatic nitrogens is 2. The van der Waals surface area contributed by atoms with Crippen LogP contribution in [0.2, 0.25) is 0 Å². The van der Waals surface area contributed by atoms with Crippen LogP contribution in [0.5, 0.6) is 5.75 Å². The number of nitrogens with one attached hydrogen (secondary N) is 2. The van der Waals surface area contributed by atoms with Gasteiger partial charge in [0.15, 0.2) is 0 Å². The minimum Gasteiger partial charge on any atom is -0.494 e. The Morgan fingerprint density at radius 2 is 2.13 bits per heavy atom. The normalized spacial score (nSPS) is 15.3. The van der Waals surface area contributed by atoms with Crippen LogP contribution in [-0.4, -0.2) is 71.8 Å². The molecular formula is C26H34F4N4O4S. The molecule has 3 rings (SSSR count). The largest absolute Gasteiger partial charge is 0.494 e. The summed E-state index contributed by atoms with van der Waals surface area (Å²) in [6, 6.07) is 7.17. The van der Waals surface area contributed by atoms with E-state index >= 15 is 0 Å². The number of rotatable bonds is 16. The minimum atomic E-state index is -2.71. The number of nitrogens with zero attached hydrogens (tertiary/aromatic N) is 2.